The lowest BCUT2D eigenvalue weighted by Gasteiger charge is -2.18. The number of para-hydroxylation sites is 1. The second-order valence-electron chi connectivity index (χ2n) is 5.01. The minimum Gasteiger partial charge on any atom is -0.384 e. The van der Waals surface area contributed by atoms with E-state index in [0.29, 0.717) is 0 Å². The van der Waals surface area contributed by atoms with Gasteiger partial charge >= 0.3 is 0 Å². The predicted octanol–water partition coefficient (Wildman–Crippen LogP) is 4.42. The fourth-order valence-electron chi connectivity index (χ4n) is 2.59. The smallest absolute Gasteiger partial charge is 0.0931 e. The van der Waals surface area contributed by atoms with Crippen LogP contribution in [0.2, 0.25) is 4.34 Å². The molecule has 1 aromatic heterocycles. The van der Waals surface area contributed by atoms with Crippen LogP contribution in [0.25, 0.3) is 0 Å². The number of fused-ring (bicyclic) bond motifs is 1. The van der Waals surface area contributed by atoms with Gasteiger partial charge in [-0.1, -0.05) is 29.8 Å². The van der Waals surface area contributed by atoms with Gasteiger partial charge in [-0.15, -0.1) is 23.7 Å². The molecular formula is C15H18Cl2N2S. The van der Waals surface area contributed by atoms with Crippen LogP contribution in [0, 0.1) is 0 Å². The number of halogens is 2. The van der Waals surface area contributed by atoms with E-state index in [9.17, 15) is 0 Å². The first-order valence-electron chi connectivity index (χ1n) is 6.50. The molecule has 0 aliphatic carbocycles. The number of thiophene rings is 1. The standard InChI is InChI=1S/C15H17ClN2S.ClH/c1-18(10-13-5-6-14(16)19-13)9-12-4-2-3-11-7-8-17-15(11)12;/h2-6,17H,7-10H2,1H3;1H. The third-order valence-corrected chi connectivity index (χ3v) is 4.64. The van der Waals surface area contributed by atoms with Gasteiger partial charge in [0.1, 0.15) is 0 Å². The molecule has 5 heteroatoms. The van der Waals surface area contributed by atoms with Crippen molar-refractivity contribution >= 4 is 41.0 Å². The Morgan fingerprint density at radius 1 is 1.25 bits per heavy atom. The van der Waals surface area contributed by atoms with E-state index in [1.54, 1.807) is 11.3 Å². The highest BCUT2D eigenvalue weighted by Crippen LogP contribution is 2.28. The van der Waals surface area contributed by atoms with Crippen LogP contribution in [-0.2, 0) is 19.5 Å². The fraction of sp³-hybridized carbons (Fsp3) is 0.333. The molecule has 0 saturated carbocycles. The number of rotatable bonds is 4. The molecule has 0 radical (unpaired) electrons. The topological polar surface area (TPSA) is 15.3 Å². The van der Waals surface area contributed by atoms with Crippen LogP contribution in [0.4, 0.5) is 5.69 Å². The molecule has 2 nitrogen and oxygen atoms in total. The van der Waals surface area contributed by atoms with Crippen molar-refractivity contribution in [1.29, 1.82) is 0 Å². The average Bonchev–Trinajstić information content (AvgIpc) is 2.98. The molecule has 2 aromatic rings. The highest BCUT2D eigenvalue weighted by Gasteiger charge is 2.14. The number of anilines is 1. The monoisotopic (exact) mass is 328 g/mol. The molecule has 0 fully saturated rings. The summed E-state index contributed by atoms with van der Waals surface area (Å²) in [5.74, 6) is 0. The third kappa shape index (κ3) is 3.47. The maximum Gasteiger partial charge on any atom is 0.0931 e. The summed E-state index contributed by atoms with van der Waals surface area (Å²) in [6, 6.07) is 10.7. The summed E-state index contributed by atoms with van der Waals surface area (Å²) in [5, 5.41) is 3.50. The first-order chi connectivity index (χ1) is 9.22. The molecule has 0 atom stereocenters. The van der Waals surface area contributed by atoms with Crippen molar-refractivity contribution in [3.8, 4) is 0 Å². The quantitative estimate of drug-likeness (QED) is 0.893. The lowest BCUT2D eigenvalue weighted by molar-refractivity contribution is 0.322. The van der Waals surface area contributed by atoms with E-state index in [1.165, 1.54) is 21.7 Å². The van der Waals surface area contributed by atoms with Gasteiger partial charge in [0.05, 0.1) is 4.34 Å². The van der Waals surface area contributed by atoms with Crippen molar-refractivity contribution in [2.75, 3.05) is 18.9 Å². The van der Waals surface area contributed by atoms with Gasteiger partial charge in [-0.25, -0.2) is 0 Å². The van der Waals surface area contributed by atoms with E-state index >= 15 is 0 Å². The lowest BCUT2D eigenvalue weighted by atomic mass is 10.1. The minimum absolute atomic E-state index is 0. The first kappa shape index (κ1) is 15.6. The molecule has 1 aliphatic rings. The van der Waals surface area contributed by atoms with Crippen LogP contribution in [-0.4, -0.2) is 18.5 Å². The van der Waals surface area contributed by atoms with Crippen molar-refractivity contribution in [3.05, 3.63) is 50.7 Å². The Balaban J connectivity index is 0.00000147. The summed E-state index contributed by atoms with van der Waals surface area (Å²) < 4.78 is 0.866. The van der Waals surface area contributed by atoms with Crippen molar-refractivity contribution in [2.24, 2.45) is 0 Å². The van der Waals surface area contributed by atoms with Crippen LogP contribution in [0.3, 0.4) is 0 Å². The second kappa shape index (κ2) is 6.81. The number of hydrogen-bond acceptors (Lipinski definition) is 3. The van der Waals surface area contributed by atoms with Gasteiger partial charge in [-0.3, -0.25) is 4.90 Å². The van der Waals surface area contributed by atoms with Gasteiger partial charge in [-0.2, -0.15) is 0 Å². The third-order valence-electron chi connectivity index (χ3n) is 3.43. The molecule has 2 heterocycles. The zero-order valence-electron chi connectivity index (χ0n) is 11.4. The van der Waals surface area contributed by atoms with Gasteiger partial charge in [-0.05, 0) is 36.7 Å². The van der Waals surface area contributed by atoms with Crippen molar-refractivity contribution in [3.63, 3.8) is 0 Å². The molecule has 0 unspecified atom stereocenters. The van der Waals surface area contributed by atoms with Gasteiger partial charge < -0.3 is 5.32 Å². The Morgan fingerprint density at radius 3 is 2.85 bits per heavy atom. The van der Waals surface area contributed by atoms with Gasteiger partial charge in [0.15, 0.2) is 0 Å². The van der Waals surface area contributed by atoms with Crippen LogP contribution in [0.5, 0.6) is 0 Å². The highest BCUT2D eigenvalue weighted by molar-refractivity contribution is 7.16. The van der Waals surface area contributed by atoms with Gasteiger partial charge in [0, 0.05) is 30.2 Å². The van der Waals surface area contributed by atoms with Crippen LogP contribution >= 0.6 is 35.3 Å². The molecule has 0 saturated heterocycles. The normalized spacial score (nSPS) is 12.9. The highest BCUT2D eigenvalue weighted by atomic mass is 35.5. The van der Waals surface area contributed by atoms with E-state index < -0.39 is 0 Å². The molecule has 108 valence electrons. The number of benzene rings is 1. The zero-order chi connectivity index (χ0) is 13.2. The van der Waals surface area contributed by atoms with Crippen LogP contribution in [0.1, 0.15) is 16.0 Å². The summed E-state index contributed by atoms with van der Waals surface area (Å²) in [6.45, 7) is 2.98. The van der Waals surface area contributed by atoms with E-state index in [-0.39, 0.29) is 12.4 Å². The molecule has 0 bridgehead atoms. The molecule has 0 spiro atoms. The van der Waals surface area contributed by atoms with E-state index in [0.717, 1.165) is 30.4 Å². The Bertz CT molecular complexity index is 583. The predicted molar refractivity (Wildman–Crippen MR) is 90.4 cm³/mol. The number of nitrogens with one attached hydrogen (secondary N) is 1. The van der Waals surface area contributed by atoms with Gasteiger partial charge in [0.25, 0.3) is 0 Å². The summed E-state index contributed by atoms with van der Waals surface area (Å²) in [5.41, 5.74) is 4.18. The summed E-state index contributed by atoms with van der Waals surface area (Å²) in [4.78, 5) is 3.64. The van der Waals surface area contributed by atoms with E-state index in [2.05, 4.69) is 41.5 Å². The number of nitrogens with zero attached hydrogens (tertiary/aromatic N) is 1. The van der Waals surface area contributed by atoms with E-state index in [4.69, 9.17) is 11.6 Å². The van der Waals surface area contributed by atoms with Gasteiger partial charge in [0.2, 0.25) is 0 Å². The Morgan fingerprint density at radius 2 is 2.10 bits per heavy atom. The molecular weight excluding hydrogens is 311 g/mol. The molecule has 1 aliphatic heterocycles. The maximum atomic E-state index is 5.97. The van der Waals surface area contributed by atoms with Crippen LogP contribution < -0.4 is 5.32 Å². The summed E-state index contributed by atoms with van der Waals surface area (Å²) in [7, 11) is 2.15. The van der Waals surface area contributed by atoms with E-state index in [1.807, 2.05) is 6.07 Å². The zero-order valence-corrected chi connectivity index (χ0v) is 13.7. The lowest BCUT2D eigenvalue weighted by Crippen LogP contribution is -2.17. The molecule has 20 heavy (non-hydrogen) atoms. The largest absolute Gasteiger partial charge is 0.384 e. The summed E-state index contributed by atoms with van der Waals surface area (Å²) in [6.07, 6.45) is 1.15. The first-order valence-corrected chi connectivity index (χ1v) is 7.69. The molecule has 1 N–H and O–H groups in total. The van der Waals surface area contributed by atoms with Crippen molar-refractivity contribution in [1.82, 2.24) is 4.90 Å². The SMILES string of the molecule is CN(Cc1ccc(Cl)s1)Cc1cccc2c1NCC2.Cl. The minimum atomic E-state index is 0. The van der Waals surface area contributed by atoms with Crippen LogP contribution in [0.15, 0.2) is 30.3 Å². The average molecular weight is 329 g/mol. The van der Waals surface area contributed by atoms with Crippen molar-refractivity contribution < 1.29 is 0 Å². The Labute approximate surface area is 135 Å². The Kier molecular flexibility index (Phi) is 5.33. The fourth-order valence-corrected chi connectivity index (χ4v) is 3.76. The maximum absolute atomic E-state index is 5.97. The molecule has 1 aromatic carbocycles. The number of hydrogen-bond donors (Lipinski definition) is 1. The second-order valence-corrected chi connectivity index (χ2v) is 6.81. The van der Waals surface area contributed by atoms with Crippen molar-refractivity contribution in [2.45, 2.75) is 19.5 Å². The Hall–Kier alpha value is -0.740. The molecule has 3 rings (SSSR count). The summed E-state index contributed by atoms with van der Waals surface area (Å²) >= 11 is 7.63. The molecule has 0 amide bonds.